The van der Waals surface area contributed by atoms with Gasteiger partial charge in [0.15, 0.2) is 23.0 Å². The van der Waals surface area contributed by atoms with Crippen molar-refractivity contribution in [2.45, 2.75) is 63.8 Å². The molecule has 3 aliphatic heterocycles. The van der Waals surface area contributed by atoms with E-state index in [9.17, 15) is 15.3 Å². The van der Waals surface area contributed by atoms with Crippen molar-refractivity contribution >= 4 is 0 Å². The Bertz CT molecular complexity index is 1250. The lowest BCUT2D eigenvalue weighted by Gasteiger charge is -2.61. The summed E-state index contributed by atoms with van der Waals surface area (Å²) >= 11 is 0. The van der Waals surface area contributed by atoms with Crippen molar-refractivity contribution in [3.05, 3.63) is 33.4 Å². The second-order valence-electron chi connectivity index (χ2n) is 10.4. The van der Waals surface area contributed by atoms with Crippen LogP contribution in [0.5, 0.6) is 34.5 Å². The highest BCUT2D eigenvalue weighted by Crippen LogP contribution is 2.58. The molecular weight excluding hydrogens is 476 g/mol. The van der Waals surface area contributed by atoms with E-state index in [-0.39, 0.29) is 42.3 Å². The third-order valence-corrected chi connectivity index (χ3v) is 9.05. The number of methoxy groups -OCH3 is 4. The maximum atomic E-state index is 11.5. The minimum atomic E-state index is -0.421. The van der Waals surface area contributed by atoms with Crippen molar-refractivity contribution in [1.29, 1.82) is 0 Å². The number of likely N-dealkylation sites (N-methyl/N-ethyl adjacent to an activating group) is 1. The van der Waals surface area contributed by atoms with E-state index in [1.165, 1.54) is 0 Å². The summed E-state index contributed by atoms with van der Waals surface area (Å²) in [4.78, 5) is 4.67. The number of aliphatic hydroxyl groups is 1. The van der Waals surface area contributed by atoms with E-state index >= 15 is 0 Å². The number of fused-ring (bicyclic) bond motifs is 7. The molecule has 37 heavy (non-hydrogen) atoms. The predicted molar refractivity (Wildman–Crippen MR) is 139 cm³/mol. The van der Waals surface area contributed by atoms with Gasteiger partial charge in [0.05, 0.1) is 47.1 Å². The first-order valence-corrected chi connectivity index (χ1v) is 12.7. The van der Waals surface area contributed by atoms with Gasteiger partial charge in [-0.25, -0.2) is 0 Å². The molecule has 3 N–H and O–H groups in total. The lowest BCUT2D eigenvalue weighted by atomic mass is 9.71. The minimum Gasteiger partial charge on any atom is -0.507 e. The average Bonchev–Trinajstić information content (AvgIpc) is 2.88. The number of hydrogen-bond donors (Lipinski definition) is 3. The molecule has 0 aromatic heterocycles. The highest BCUT2D eigenvalue weighted by Gasteiger charge is 2.55. The molecule has 202 valence electrons. The van der Waals surface area contributed by atoms with Crippen LogP contribution in [0, 0.1) is 13.8 Å². The molecule has 9 nitrogen and oxygen atoms in total. The molecule has 1 saturated heterocycles. The lowest BCUT2D eigenvalue weighted by molar-refractivity contribution is -0.0944. The van der Waals surface area contributed by atoms with Crippen LogP contribution < -0.4 is 18.9 Å². The summed E-state index contributed by atoms with van der Waals surface area (Å²) in [5.74, 6) is 2.46. The third kappa shape index (κ3) is 3.26. The zero-order chi connectivity index (χ0) is 26.9. The highest BCUT2D eigenvalue weighted by molar-refractivity contribution is 5.67. The van der Waals surface area contributed by atoms with Gasteiger partial charge in [-0.15, -0.1) is 0 Å². The molecule has 0 spiro atoms. The number of piperazine rings is 1. The van der Waals surface area contributed by atoms with Gasteiger partial charge in [-0.2, -0.15) is 0 Å². The molecule has 9 heteroatoms. The summed E-state index contributed by atoms with van der Waals surface area (Å²) < 4.78 is 23.0. The smallest absolute Gasteiger partial charge is 0.167 e. The summed E-state index contributed by atoms with van der Waals surface area (Å²) in [5, 5.41) is 33.7. The van der Waals surface area contributed by atoms with Crippen molar-refractivity contribution < 1.29 is 34.3 Å². The SMILES string of the molecule is COc1c(C)c(OC)c2c(c1O)C1[C@@H]3Cc4c(O)c(C)c(OC)c(OC)c4[C@H](CO)N3[C@@H](C)C(C2)N1C. The van der Waals surface area contributed by atoms with Crippen LogP contribution in [0.1, 0.15) is 52.4 Å². The van der Waals surface area contributed by atoms with Crippen molar-refractivity contribution in [2.24, 2.45) is 0 Å². The quantitative estimate of drug-likeness (QED) is 0.555. The number of phenols is 2. The Morgan fingerprint density at radius 1 is 0.757 bits per heavy atom. The van der Waals surface area contributed by atoms with Gasteiger partial charge in [0.25, 0.3) is 0 Å². The van der Waals surface area contributed by atoms with Gasteiger partial charge in [-0.3, -0.25) is 9.80 Å². The topological polar surface area (TPSA) is 104 Å². The Balaban J connectivity index is 1.79. The van der Waals surface area contributed by atoms with Crippen LogP contribution in [0.15, 0.2) is 0 Å². The second kappa shape index (κ2) is 9.15. The van der Waals surface area contributed by atoms with Crippen molar-refractivity contribution in [2.75, 3.05) is 42.1 Å². The van der Waals surface area contributed by atoms with Gasteiger partial charge in [0.2, 0.25) is 0 Å². The van der Waals surface area contributed by atoms with E-state index in [4.69, 9.17) is 18.9 Å². The minimum absolute atomic E-state index is 0.0538. The summed E-state index contributed by atoms with van der Waals surface area (Å²) in [5.41, 5.74) is 4.67. The molecule has 3 heterocycles. The van der Waals surface area contributed by atoms with Crippen LogP contribution in [0.3, 0.4) is 0 Å². The summed E-state index contributed by atoms with van der Waals surface area (Å²) in [7, 11) is 8.45. The number of phenolic OH excluding ortho intramolecular Hbond substituents is 2. The molecule has 0 amide bonds. The van der Waals surface area contributed by atoms with Crippen LogP contribution in [0.25, 0.3) is 0 Å². The van der Waals surface area contributed by atoms with Crippen LogP contribution in [-0.2, 0) is 12.8 Å². The number of aromatic hydroxyl groups is 2. The van der Waals surface area contributed by atoms with Crippen molar-refractivity contribution in [3.8, 4) is 34.5 Å². The molecule has 5 rings (SSSR count). The Morgan fingerprint density at radius 3 is 1.92 bits per heavy atom. The predicted octanol–water partition coefficient (Wildman–Crippen LogP) is 3.01. The second-order valence-corrected chi connectivity index (χ2v) is 10.4. The van der Waals surface area contributed by atoms with Crippen LogP contribution in [0.2, 0.25) is 0 Å². The maximum Gasteiger partial charge on any atom is 0.167 e. The van der Waals surface area contributed by atoms with E-state index in [0.29, 0.717) is 35.7 Å². The van der Waals surface area contributed by atoms with Gasteiger partial charge >= 0.3 is 0 Å². The average molecular weight is 515 g/mol. The number of hydrogen-bond acceptors (Lipinski definition) is 9. The number of ether oxygens (including phenoxy) is 4. The van der Waals surface area contributed by atoms with Gasteiger partial charge in [0, 0.05) is 51.5 Å². The van der Waals surface area contributed by atoms with Gasteiger partial charge in [-0.1, -0.05) is 0 Å². The lowest BCUT2D eigenvalue weighted by Crippen LogP contribution is -2.68. The van der Waals surface area contributed by atoms with E-state index in [1.807, 2.05) is 13.8 Å². The molecule has 2 bridgehead atoms. The van der Waals surface area contributed by atoms with Crippen LogP contribution in [-0.4, -0.2) is 85.3 Å². The van der Waals surface area contributed by atoms with Crippen molar-refractivity contribution in [1.82, 2.24) is 9.80 Å². The fourth-order valence-corrected chi connectivity index (χ4v) is 7.52. The van der Waals surface area contributed by atoms with E-state index in [1.54, 1.807) is 28.4 Å². The van der Waals surface area contributed by atoms with Crippen LogP contribution >= 0.6 is 0 Å². The zero-order valence-corrected chi connectivity index (χ0v) is 22.9. The van der Waals surface area contributed by atoms with E-state index < -0.39 is 6.04 Å². The molecule has 5 atom stereocenters. The number of aliphatic hydroxyl groups excluding tert-OH is 1. The fourth-order valence-electron chi connectivity index (χ4n) is 7.52. The monoisotopic (exact) mass is 514 g/mol. The molecule has 2 unspecified atom stereocenters. The molecule has 0 saturated carbocycles. The number of nitrogens with zero attached hydrogens (tertiary/aromatic N) is 2. The first-order valence-electron chi connectivity index (χ1n) is 12.7. The normalized spacial score (nSPS) is 26.7. The zero-order valence-electron chi connectivity index (χ0n) is 22.9. The Kier molecular flexibility index (Phi) is 6.37. The Morgan fingerprint density at radius 2 is 1.35 bits per heavy atom. The van der Waals surface area contributed by atoms with E-state index in [0.717, 1.165) is 33.6 Å². The standard InChI is InChI=1S/C28H38N2O7/c1-12-23(32)15-9-18-22-21-16(25(34-5)13(2)26(35-6)24(21)33)10-17(29(22)4)14(3)30(18)19(11-31)20(15)28(37-8)27(12)36-7/h14,17-19,22,31-33H,9-11H2,1-8H3/t14-,17?,18-,19-,22?/m0/s1. The maximum absolute atomic E-state index is 11.5. The largest absolute Gasteiger partial charge is 0.507 e. The van der Waals surface area contributed by atoms with E-state index in [2.05, 4.69) is 23.8 Å². The van der Waals surface area contributed by atoms with Gasteiger partial charge < -0.3 is 34.3 Å². The number of rotatable bonds is 5. The van der Waals surface area contributed by atoms with Gasteiger partial charge in [0.1, 0.15) is 11.5 Å². The molecule has 2 aromatic carbocycles. The summed E-state index contributed by atoms with van der Waals surface area (Å²) in [6.45, 7) is 5.74. The molecule has 2 aromatic rings. The molecule has 1 fully saturated rings. The Hall–Kier alpha value is -2.88. The molecule has 0 aliphatic carbocycles. The third-order valence-electron chi connectivity index (χ3n) is 9.05. The first kappa shape index (κ1) is 25.8. The van der Waals surface area contributed by atoms with Gasteiger partial charge in [-0.05, 0) is 40.7 Å². The molecule has 0 radical (unpaired) electrons. The van der Waals surface area contributed by atoms with Crippen LogP contribution in [0.4, 0.5) is 0 Å². The fraction of sp³-hybridized carbons (Fsp3) is 0.571. The first-order chi connectivity index (χ1) is 17.7. The molecular formula is C28H38N2O7. The highest BCUT2D eigenvalue weighted by atomic mass is 16.5. The molecule has 3 aliphatic rings. The number of benzene rings is 2. The summed E-state index contributed by atoms with van der Waals surface area (Å²) in [6, 6.07) is -0.624. The van der Waals surface area contributed by atoms with Crippen molar-refractivity contribution in [3.63, 3.8) is 0 Å². The Labute approximate surface area is 218 Å². The summed E-state index contributed by atoms with van der Waals surface area (Å²) in [6.07, 6.45) is 1.18.